The van der Waals surface area contributed by atoms with Gasteiger partial charge in [0.2, 0.25) is 0 Å². The molecule has 0 unspecified atom stereocenters. The van der Waals surface area contributed by atoms with Crippen LogP contribution in [0, 0.1) is 0 Å². The molecule has 0 spiro atoms. The van der Waals surface area contributed by atoms with Gasteiger partial charge in [-0.2, -0.15) is 0 Å². The van der Waals surface area contributed by atoms with Crippen LogP contribution < -0.4 is 0 Å². The molecule has 0 saturated carbocycles. The van der Waals surface area contributed by atoms with E-state index in [2.05, 4.69) is 27.7 Å². The van der Waals surface area contributed by atoms with Crippen molar-refractivity contribution in [1.82, 2.24) is 0 Å². The summed E-state index contributed by atoms with van der Waals surface area (Å²) in [6, 6.07) is 0. The Morgan fingerprint density at radius 1 is 0.357 bits per heavy atom. The fourth-order valence-electron chi connectivity index (χ4n) is 4.76. The first-order valence-electron chi connectivity index (χ1n) is 13.3. The summed E-state index contributed by atoms with van der Waals surface area (Å²) in [4.78, 5) is 0. The second-order valence-electron chi connectivity index (χ2n) is 9.66. The van der Waals surface area contributed by atoms with Crippen LogP contribution in [0.1, 0.15) is 143 Å². The number of hydrogen-bond acceptors (Lipinski definition) is 0. The molecule has 172 valence electrons. The van der Waals surface area contributed by atoms with Crippen molar-refractivity contribution in [2.24, 2.45) is 0 Å². The molecule has 0 aliphatic heterocycles. The van der Waals surface area contributed by atoms with Crippen molar-refractivity contribution in [2.75, 3.05) is 24.6 Å². The molecule has 28 heavy (non-hydrogen) atoms. The normalized spacial score (nSPS) is 13.5. The zero-order chi connectivity index (χ0) is 21.0. The van der Waals surface area contributed by atoms with Crippen LogP contribution in [0.15, 0.2) is 0 Å². The van der Waals surface area contributed by atoms with Gasteiger partial charge in [0, 0.05) is 0 Å². The molecule has 0 heterocycles. The van der Waals surface area contributed by atoms with Crippen molar-refractivity contribution in [2.45, 2.75) is 143 Å². The summed E-state index contributed by atoms with van der Waals surface area (Å²) in [7, 11) is 0. The molecule has 0 fully saturated rings. The van der Waals surface area contributed by atoms with E-state index >= 15 is 0 Å². The first-order valence-corrected chi connectivity index (χ1v) is 17.1. The van der Waals surface area contributed by atoms with Gasteiger partial charge in [-0.1, -0.05) is 0 Å². The van der Waals surface area contributed by atoms with Crippen molar-refractivity contribution in [3.63, 3.8) is 0 Å². The van der Waals surface area contributed by atoms with Gasteiger partial charge in [0.05, 0.1) is 0 Å². The first-order chi connectivity index (χ1) is 13.5. The summed E-state index contributed by atoms with van der Waals surface area (Å²) in [5, 5.41) is 0. The minimum absolute atomic E-state index is 1.33. The summed E-state index contributed by atoms with van der Waals surface area (Å²) in [6.45, 7) is 9.30. The Morgan fingerprint density at radius 3 is 0.893 bits per heavy atom. The predicted octanol–water partition coefficient (Wildman–Crippen LogP) is 10.8. The Bertz CT molecular complexity index is 298. The standard InChI is InChI=1S/C26H56ClP/c1-5-9-13-15-17-21-25-28(27,23-19-11-7-3,24-20-12-8-4)26-22-18-16-14-10-6-2/h5-26H2,1-4H3. The van der Waals surface area contributed by atoms with Crippen LogP contribution in [0.5, 0.6) is 0 Å². The fourth-order valence-corrected chi connectivity index (χ4v) is 11.6. The molecule has 0 aliphatic carbocycles. The van der Waals surface area contributed by atoms with Gasteiger partial charge >= 0.3 is 185 Å². The summed E-state index contributed by atoms with van der Waals surface area (Å²) in [6.07, 6.45) is 30.6. The van der Waals surface area contributed by atoms with Gasteiger partial charge in [0.15, 0.2) is 0 Å². The third-order valence-corrected chi connectivity index (χ3v) is 14.5. The summed E-state index contributed by atoms with van der Waals surface area (Å²) >= 11 is 7.88. The van der Waals surface area contributed by atoms with Gasteiger partial charge in [-0.05, 0) is 0 Å². The van der Waals surface area contributed by atoms with Crippen molar-refractivity contribution >= 4 is 17.2 Å². The van der Waals surface area contributed by atoms with Crippen LogP contribution in [0.2, 0.25) is 0 Å². The number of unbranched alkanes of at least 4 members (excludes halogenated alkanes) is 14. The van der Waals surface area contributed by atoms with Crippen molar-refractivity contribution in [3.05, 3.63) is 0 Å². The fraction of sp³-hybridized carbons (Fsp3) is 1.00. The van der Waals surface area contributed by atoms with Gasteiger partial charge < -0.3 is 0 Å². The van der Waals surface area contributed by atoms with Crippen LogP contribution in [0.4, 0.5) is 0 Å². The molecule has 0 radical (unpaired) electrons. The van der Waals surface area contributed by atoms with Crippen LogP contribution in [-0.4, -0.2) is 24.6 Å². The van der Waals surface area contributed by atoms with Crippen LogP contribution in [0.3, 0.4) is 0 Å². The quantitative estimate of drug-likeness (QED) is 0.117. The van der Waals surface area contributed by atoms with Crippen molar-refractivity contribution in [3.8, 4) is 0 Å². The third-order valence-electron chi connectivity index (χ3n) is 6.78. The molecule has 0 bridgehead atoms. The topological polar surface area (TPSA) is 0 Å². The maximum atomic E-state index is 7.88. The van der Waals surface area contributed by atoms with E-state index in [9.17, 15) is 0 Å². The van der Waals surface area contributed by atoms with Crippen LogP contribution >= 0.6 is 17.2 Å². The van der Waals surface area contributed by atoms with E-state index in [0.717, 1.165) is 0 Å². The monoisotopic (exact) mass is 434 g/mol. The Kier molecular flexibility index (Phi) is 19.0. The van der Waals surface area contributed by atoms with Crippen LogP contribution in [-0.2, 0) is 0 Å². The van der Waals surface area contributed by atoms with Crippen molar-refractivity contribution < 1.29 is 0 Å². The predicted molar refractivity (Wildman–Crippen MR) is 138 cm³/mol. The SMILES string of the molecule is CCCCCCCCP(Cl)(CCCCC)(CCCCC)CCCCCCCC. The number of rotatable bonds is 22. The number of halogens is 1. The molecule has 0 aromatic rings. The van der Waals surface area contributed by atoms with E-state index in [0.29, 0.717) is 0 Å². The van der Waals surface area contributed by atoms with Gasteiger partial charge in [0.25, 0.3) is 0 Å². The molecule has 0 aromatic heterocycles. The number of hydrogen-bond donors (Lipinski definition) is 0. The maximum absolute atomic E-state index is 7.88. The average molecular weight is 435 g/mol. The summed E-state index contributed by atoms with van der Waals surface area (Å²) in [5.74, 6) is -2.03. The molecule has 0 rings (SSSR count). The minimum atomic E-state index is -2.03. The van der Waals surface area contributed by atoms with E-state index < -0.39 is 5.96 Å². The molecule has 0 saturated heterocycles. The molecule has 0 nitrogen and oxygen atoms in total. The van der Waals surface area contributed by atoms with Gasteiger partial charge in [-0.25, -0.2) is 0 Å². The van der Waals surface area contributed by atoms with Crippen LogP contribution in [0.25, 0.3) is 0 Å². The molecule has 0 aliphatic rings. The molecular weight excluding hydrogens is 379 g/mol. The molecule has 2 heteroatoms. The Balaban J connectivity index is 4.82. The second kappa shape index (κ2) is 18.5. The van der Waals surface area contributed by atoms with E-state index in [1.807, 2.05) is 0 Å². The van der Waals surface area contributed by atoms with Crippen molar-refractivity contribution in [1.29, 1.82) is 0 Å². The Morgan fingerprint density at radius 2 is 0.571 bits per heavy atom. The third kappa shape index (κ3) is 14.7. The van der Waals surface area contributed by atoms with E-state index in [1.54, 1.807) is 0 Å². The summed E-state index contributed by atoms with van der Waals surface area (Å²) in [5.41, 5.74) is 0. The zero-order valence-corrected chi connectivity index (χ0v) is 22.0. The van der Waals surface area contributed by atoms with Gasteiger partial charge in [0.1, 0.15) is 0 Å². The Labute approximate surface area is 185 Å². The first kappa shape index (κ1) is 28.7. The van der Waals surface area contributed by atoms with E-state index in [4.69, 9.17) is 11.2 Å². The Hall–Kier alpha value is 0.720. The van der Waals surface area contributed by atoms with E-state index in [-0.39, 0.29) is 0 Å². The molecule has 0 N–H and O–H groups in total. The molecule has 0 aromatic carbocycles. The van der Waals surface area contributed by atoms with Gasteiger partial charge in [-0.15, -0.1) is 0 Å². The molecule has 0 amide bonds. The second-order valence-corrected chi connectivity index (χ2v) is 18.0. The average Bonchev–Trinajstić information content (AvgIpc) is 2.68. The van der Waals surface area contributed by atoms with E-state index in [1.165, 1.54) is 140 Å². The molecular formula is C26H56ClP. The zero-order valence-electron chi connectivity index (χ0n) is 20.4. The van der Waals surface area contributed by atoms with Gasteiger partial charge in [-0.3, -0.25) is 0 Å². The summed E-state index contributed by atoms with van der Waals surface area (Å²) < 4.78 is 0. The molecule has 0 atom stereocenters.